The molecular formula is C17H34O7S2. The minimum Gasteiger partial charge on any atom is -0.300 e. The number of carbonyl (C=O) groups excluding carboxylic acids is 1. The molecule has 0 aromatic carbocycles. The molecule has 0 radical (unpaired) electrons. The second kappa shape index (κ2) is 14.3. The lowest BCUT2D eigenvalue weighted by atomic mass is 10.0. The lowest BCUT2D eigenvalue weighted by molar-refractivity contribution is -0.119. The van der Waals surface area contributed by atoms with Crippen LogP contribution in [0.25, 0.3) is 0 Å². The van der Waals surface area contributed by atoms with Crippen LogP contribution in [0.15, 0.2) is 0 Å². The SMILES string of the molecule is CC(C)CCCCCC(=O)CCCCCC(C)(C)S(=O)(=O)O.O=S(=O)=O. The molecule has 0 amide bonds. The molecule has 26 heavy (non-hydrogen) atoms. The average molecular weight is 415 g/mol. The van der Waals surface area contributed by atoms with Crippen LogP contribution in [-0.2, 0) is 25.5 Å². The van der Waals surface area contributed by atoms with E-state index in [-0.39, 0.29) is 0 Å². The number of rotatable bonds is 13. The topological polar surface area (TPSA) is 123 Å². The number of Topliss-reactive ketones (excluding diaryl/α,β-unsaturated/α-hetero) is 1. The van der Waals surface area contributed by atoms with Crippen molar-refractivity contribution >= 4 is 26.5 Å². The number of hydrogen-bond acceptors (Lipinski definition) is 6. The highest BCUT2D eigenvalue weighted by atomic mass is 32.2. The van der Waals surface area contributed by atoms with Gasteiger partial charge in [0.05, 0.1) is 4.75 Å². The molecule has 1 N–H and O–H groups in total. The van der Waals surface area contributed by atoms with E-state index in [0.717, 1.165) is 31.6 Å². The molecule has 0 aliphatic carbocycles. The molecule has 0 saturated carbocycles. The number of carbonyl (C=O) groups is 1. The highest BCUT2D eigenvalue weighted by Crippen LogP contribution is 2.23. The third-order valence-electron chi connectivity index (χ3n) is 4.17. The smallest absolute Gasteiger partial charge is 0.300 e. The highest BCUT2D eigenvalue weighted by molar-refractivity contribution is 7.87. The fourth-order valence-corrected chi connectivity index (χ4v) is 2.76. The van der Waals surface area contributed by atoms with Gasteiger partial charge in [-0.3, -0.25) is 9.35 Å². The first-order valence-corrected chi connectivity index (χ1v) is 11.5. The van der Waals surface area contributed by atoms with E-state index in [4.69, 9.17) is 17.2 Å². The first-order chi connectivity index (χ1) is 11.8. The van der Waals surface area contributed by atoms with Crippen LogP contribution in [0, 0.1) is 5.92 Å². The van der Waals surface area contributed by atoms with E-state index >= 15 is 0 Å². The van der Waals surface area contributed by atoms with Crippen molar-refractivity contribution < 1.29 is 30.4 Å². The Balaban J connectivity index is 0. The van der Waals surface area contributed by atoms with Crippen LogP contribution in [0.3, 0.4) is 0 Å². The van der Waals surface area contributed by atoms with Gasteiger partial charge in [-0.1, -0.05) is 46.0 Å². The van der Waals surface area contributed by atoms with Gasteiger partial charge in [0.2, 0.25) is 0 Å². The molecule has 0 spiro atoms. The van der Waals surface area contributed by atoms with Crippen molar-refractivity contribution in [3.05, 3.63) is 0 Å². The van der Waals surface area contributed by atoms with Crippen molar-refractivity contribution in [2.24, 2.45) is 5.92 Å². The van der Waals surface area contributed by atoms with Crippen molar-refractivity contribution in [3.63, 3.8) is 0 Å². The van der Waals surface area contributed by atoms with Crippen LogP contribution in [0.5, 0.6) is 0 Å². The normalized spacial score (nSPS) is 11.8. The summed E-state index contributed by atoms with van der Waals surface area (Å²) in [6, 6.07) is 0. The van der Waals surface area contributed by atoms with Gasteiger partial charge in [-0.2, -0.15) is 8.42 Å². The van der Waals surface area contributed by atoms with Gasteiger partial charge in [0, 0.05) is 12.8 Å². The maximum Gasteiger partial charge on any atom is 0.425 e. The molecule has 7 nitrogen and oxygen atoms in total. The highest BCUT2D eigenvalue weighted by Gasteiger charge is 2.31. The third-order valence-corrected chi connectivity index (χ3v) is 5.77. The van der Waals surface area contributed by atoms with E-state index < -0.39 is 25.5 Å². The van der Waals surface area contributed by atoms with Gasteiger partial charge in [0.25, 0.3) is 10.1 Å². The van der Waals surface area contributed by atoms with Crippen LogP contribution in [0.2, 0.25) is 0 Å². The molecule has 156 valence electrons. The Labute approximate surface area is 159 Å². The summed E-state index contributed by atoms with van der Waals surface area (Å²) in [6.45, 7) is 7.50. The number of hydrogen-bond donors (Lipinski definition) is 1. The first-order valence-electron chi connectivity index (χ1n) is 9.05. The molecule has 0 saturated heterocycles. The maximum absolute atomic E-state index is 11.7. The van der Waals surface area contributed by atoms with Gasteiger partial charge in [-0.15, -0.1) is 12.6 Å². The molecule has 0 aliphatic heterocycles. The van der Waals surface area contributed by atoms with Crippen molar-refractivity contribution in [2.75, 3.05) is 0 Å². The van der Waals surface area contributed by atoms with E-state index in [1.54, 1.807) is 0 Å². The third kappa shape index (κ3) is 18.0. The van der Waals surface area contributed by atoms with E-state index in [1.165, 1.54) is 26.7 Å². The Hall–Kier alpha value is -0.800. The number of unbranched alkanes of at least 4 members (excludes halogenated alkanes) is 4. The summed E-state index contributed by atoms with van der Waals surface area (Å²) in [7, 11) is -7.11. The minimum atomic E-state index is -4.00. The molecule has 0 heterocycles. The molecule has 9 heteroatoms. The van der Waals surface area contributed by atoms with Crippen molar-refractivity contribution in [1.29, 1.82) is 0 Å². The Morgan fingerprint density at radius 1 is 0.923 bits per heavy atom. The molecule has 0 unspecified atom stereocenters. The summed E-state index contributed by atoms with van der Waals surface area (Å²) < 4.78 is 55.6. The summed E-state index contributed by atoms with van der Waals surface area (Å²) in [6.07, 6.45) is 8.61. The van der Waals surface area contributed by atoms with Crippen LogP contribution in [-0.4, -0.2) is 36.1 Å². The molecule has 0 bridgehead atoms. The number of ketones is 1. The predicted molar refractivity (Wildman–Crippen MR) is 101 cm³/mol. The summed E-state index contributed by atoms with van der Waals surface area (Å²) >= 11 is 0. The van der Waals surface area contributed by atoms with E-state index in [9.17, 15) is 13.2 Å². The van der Waals surface area contributed by atoms with Gasteiger partial charge in [0.1, 0.15) is 5.78 Å². The first kappa shape index (κ1) is 27.4. The molecule has 0 aliphatic rings. The zero-order chi connectivity index (χ0) is 20.8. The van der Waals surface area contributed by atoms with Crippen molar-refractivity contribution in [1.82, 2.24) is 0 Å². The molecule has 0 aromatic rings. The van der Waals surface area contributed by atoms with E-state index in [0.29, 0.717) is 31.5 Å². The summed E-state index contributed by atoms with van der Waals surface area (Å²) in [5.41, 5.74) is 0. The van der Waals surface area contributed by atoms with Crippen molar-refractivity contribution in [3.8, 4) is 0 Å². The summed E-state index contributed by atoms with van der Waals surface area (Å²) in [5, 5.41) is 0. The lowest BCUT2D eigenvalue weighted by Gasteiger charge is -2.20. The van der Waals surface area contributed by atoms with Crippen molar-refractivity contribution in [2.45, 2.75) is 96.7 Å². The van der Waals surface area contributed by atoms with Gasteiger partial charge < -0.3 is 0 Å². The summed E-state index contributed by atoms with van der Waals surface area (Å²) in [4.78, 5) is 11.7. The Kier molecular flexibility index (Phi) is 15.1. The Morgan fingerprint density at radius 2 is 1.35 bits per heavy atom. The fraction of sp³-hybridized carbons (Fsp3) is 0.941. The largest absolute Gasteiger partial charge is 0.425 e. The fourth-order valence-electron chi connectivity index (χ4n) is 2.36. The predicted octanol–water partition coefficient (Wildman–Crippen LogP) is 3.77. The molecule has 0 rings (SSSR count). The Morgan fingerprint density at radius 3 is 1.73 bits per heavy atom. The van der Waals surface area contributed by atoms with E-state index in [2.05, 4.69) is 13.8 Å². The standard InChI is InChI=1S/C17H34O4S.O3S/c1-15(2)11-7-5-8-12-16(18)13-9-6-10-14-17(3,4)22(19,20)21;1-4(2)3/h15H,5-14H2,1-4H3,(H,19,20,21);. The van der Waals surface area contributed by atoms with Gasteiger partial charge in [-0.25, -0.2) is 0 Å². The second-order valence-electron chi connectivity index (χ2n) is 7.53. The maximum atomic E-state index is 11.7. The van der Waals surface area contributed by atoms with E-state index in [1.807, 2.05) is 0 Å². The molecular weight excluding hydrogens is 380 g/mol. The molecule has 0 fully saturated rings. The van der Waals surface area contributed by atoms with Gasteiger partial charge >= 0.3 is 10.6 Å². The molecule has 0 aromatic heterocycles. The van der Waals surface area contributed by atoms with Gasteiger partial charge in [0.15, 0.2) is 0 Å². The monoisotopic (exact) mass is 414 g/mol. The lowest BCUT2D eigenvalue weighted by Crippen LogP contribution is -2.31. The van der Waals surface area contributed by atoms with Gasteiger partial charge in [-0.05, 0) is 39.0 Å². The van der Waals surface area contributed by atoms with Crippen LogP contribution < -0.4 is 0 Å². The Bertz CT molecular complexity index is 583. The zero-order valence-corrected chi connectivity index (χ0v) is 18.0. The summed E-state index contributed by atoms with van der Waals surface area (Å²) in [5.74, 6) is 1.06. The van der Waals surface area contributed by atoms with Crippen LogP contribution in [0.1, 0.15) is 91.9 Å². The quantitative estimate of drug-likeness (QED) is 0.359. The average Bonchev–Trinajstić information content (AvgIpc) is 2.44. The minimum absolute atomic E-state index is 0.318. The van der Waals surface area contributed by atoms with Crippen LogP contribution >= 0.6 is 0 Å². The zero-order valence-electron chi connectivity index (χ0n) is 16.4. The second-order valence-corrected chi connectivity index (χ2v) is 9.99. The van der Waals surface area contributed by atoms with Crippen LogP contribution in [0.4, 0.5) is 0 Å². The molecule has 0 atom stereocenters.